The molecule has 2 aromatic rings. The lowest BCUT2D eigenvalue weighted by molar-refractivity contribution is -0.139. The summed E-state index contributed by atoms with van der Waals surface area (Å²) >= 11 is 12.6. The molecule has 0 bridgehead atoms. The highest BCUT2D eigenvalue weighted by atomic mass is 35.5. The highest BCUT2D eigenvalue weighted by Gasteiger charge is 2.32. The number of benzene rings is 2. The minimum Gasteiger partial charge on any atom is -0.495 e. The van der Waals surface area contributed by atoms with Crippen LogP contribution in [0.25, 0.3) is 0 Å². The van der Waals surface area contributed by atoms with Gasteiger partial charge in [0.05, 0.1) is 19.1 Å². The molecule has 11 heteroatoms. The Balaban J connectivity index is 2.49. The van der Waals surface area contributed by atoms with Crippen LogP contribution in [0.15, 0.2) is 42.5 Å². The van der Waals surface area contributed by atoms with Gasteiger partial charge in [0.1, 0.15) is 18.3 Å². The van der Waals surface area contributed by atoms with Crippen LogP contribution in [-0.2, 0) is 26.2 Å². The van der Waals surface area contributed by atoms with E-state index in [2.05, 4.69) is 5.32 Å². The molecule has 8 nitrogen and oxygen atoms in total. The second-order valence-corrected chi connectivity index (χ2v) is 10.7. The van der Waals surface area contributed by atoms with Gasteiger partial charge in [-0.25, -0.2) is 8.42 Å². The lowest BCUT2D eigenvalue weighted by atomic mass is 10.1. The van der Waals surface area contributed by atoms with Crippen LogP contribution in [0.5, 0.6) is 5.75 Å². The molecule has 0 spiro atoms. The minimum atomic E-state index is -3.88. The Bertz CT molecular complexity index is 1120. The molecule has 0 saturated carbocycles. The van der Waals surface area contributed by atoms with Crippen molar-refractivity contribution in [2.24, 2.45) is 0 Å². The van der Waals surface area contributed by atoms with E-state index in [0.717, 1.165) is 10.6 Å². The number of hydrogen-bond acceptors (Lipinski definition) is 5. The van der Waals surface area contributed by atoms with Gasteiger partial charge >= 0.3 is 0 Å². The number of anilines is 1. The fourth-order valence-electron chi connectivity index (χ4n) is 3.27. The van der Waals surface area contributed by atoms with Crippen molar-refractivity contribution in [2.75, 3.05) is 24.2 Å². The Hall–Kier alpha value is -2.49. The first kappa shape index (κ1) is 27.8. The summed E-state index contributed by atoms with van der Waals surface area (Å²) in [6.07, 6.45) is 0.997. The smallest absolute Gasteiger partial charge is 0.244 e. The second-order valence-electron chi connectivity index (χ2n) is 8.00. The normalized spacial score (nSPS) is 12.2. The maximum absolute atomic E-state index is 13.5. The van der Waals surface area contributed by atoms with E-state index in [9.17, 15) is 18.0 Å². The lowest BCUT2D eigenvalue weighted by Crippen LogP contribution is -2.52. The van der Waals surface area contributed by atoms with Crippen LogP contribution in [0, 0.1) is 0 Å². The fourth-order valence-corrected chi connectivity index (χ4v) is 4.64. The van der Waals surface area contributed by atoms with Gasteiger partial charge < -0.3 is 15.0 Å². The summed E-state index contributed by atoms with van der Waals surface area (Å²) in [6.45, 7) is 4.52. The van der Waals surface area contributed by atoms with Gasteiger partial charge in [-0.1, -0.05) is 41.4 Å². The van der Waals surface area contributed by atoms with Crippen molar-refractivity contribution in [3.63, 3.8) is 0 Å². The van der Waals surface area contributed by atoms with Crippen molar-refractivity contribution in [1.29, 1.82) is 0 Å². The van der Waals surface area contributed by atoms with E-state index in [-0.39, 0.29) is 24.0 Å². The van der Waals surface area contributed by atoms with E-state index in [1.54, 1.807) is 57.2 Å². The van der Waals surface area contributed by atoms with E-state index in [4.69, 9.17) is 27.9 Å². The maximum Gasteiger partial charge on any atom is 0.244 e. The monoisotopic (exact) mass is 529 g/mol. The SMILES string of the molecule is COc1ccccc1N(CC(=O)N(Cc1c(Cl)cccc1Cl)[C@@H](C)C(=O)NC(C)C)S(C)(=O)=O. The fraction of sp³-hybridized carbons (Fsp3) is 0.391. The van der Waals surface area contributed by atoms with E-state index in [1.807, 2.05) is 0 Å². The number of para-hydroxylation sites is 2. The molecular formula is C23H29Cl2N3O5S. The summed E-state index contributed by atoms with van der Waals surface area (Å²) < 4.78 is 31.5. The molecule has 0 aliphatic heterocycles. The van der Waals surface area contributed by atoms with Crippen molar-refractivity contribution in [1.82, 2.24) is 10.2 Å². The van der Waals surface area contributed by atoms with Crippen LogP contribution in [-0.4, -0.2) is 57.1 Å². The van der Waals surface area contributed by atoms with Gasteiger partial charge in [-0.2, -0.15) is 0 Å². The Morgan fingerprint density at radius 2 is 1.62 bits per heavy atom. The minimum absolute atomic E-state index is 0.0897. The third kappa shape index (κ3) is 7.01. The Morgan fingerprint density at radius 1 is 1.03 bits per heavy atom. The second kappa shape index (κ2) is 11.8. The highest BCUT2D eigenvalue weighted by Crippen LogP contribution is 2.30. The molecule has 34 heavy (non-hydrogen) atoms. The predicted molar refractivity (Wildman–Crippen MR) is 135 cm³/mol. The first-order chi connectivity index (χ1) is 15.9. The average molecular weight is 530 g/mol. The van der Waals surface area contributed by atoms with Crippen LogP contribution in [0.2, 0.25) is 10.0 Å². The third-order valence-corrected chi connectivity index (χ3v) is 6.86. The number of sulfonamides is 1. The molecule has 2 aromatic carbocycles. The molecule has 0 saturated heterocycles. The highest BCUT2D eigenvalue weighted by molar-refractivity contribution is 7.92. The molecule has 1 atom stereocenters. The summed E-state index contributed by atoms with van der Waals surface area (Å²) in [7, 11) is -2.47. The van der Waals surface area contributed by atoms with Crippen LogP contribution < -0.4 is 14.4 Å². The zero-order valence-electron chi connectivity index (χ0n) is 19.7. The number of nitrogens with one attached hydrogen (secondary N) is 1. The first-order valence-electron chi connectivity index (χ1n) is 10.5. The molecule has 186 valence electrons. The molecule has 0 unspecified atom stereocenters. The molecule has 0 fully saturated rings. The van der Waals surface area contributed by atoms with Crippen molar-refractivity contribution in [3.05, 3.63) is 58.1 Å². The molecule has 0 heterocycles. The van der Waals surface area contributed by atoms with E-state index < -0.39 is 34.4 Å². The number of methoxy groups -OCH3 is 1. The summed E-state index contributed by atoms with van der Waals surface area (Å²) in [5.74, 6) is -0.722. The van der Waals surface area contributed by atoms with Gasteiger partial charge in [0, 0.05) is 28.2 Å². The zero-order valence-corrected chi connectivity index (χ0v) is 22.0. The summed E-state index contributed by atoms with van der Waals surface area (Å²) in [6, 6.07) is 10.3. The van der Waals surface area contributed by atoms with Crippen LogP contribution in [0.3, 0.4) is 0 Å². The van der Waals surface area contributed by atoms with Crippen LogP contribution in [0.1, 0.15) is 26.3 Å². The number of halogens is 2. The molecule has 1 N–H and O–H groups in total. The number of carbonyl (C=O) groups is 2. The Kier molecular flexibility index (Phi) is 9.61. The zero-order chi connectivity index (χ0) is 25.6. The van der Waals surface area contributed by atoms with Gasteiger partial charge in [-0.05, 0) is 45.0 Å². The van der Waals surface area contributed by atoms with E-state index >= 15 is 0 Å². The molecular weight excluding hydrogens is 501 g/mol. The molecule has 2 rings (SSSR count). The number of amides is 2. The topological polar surface area (TPSA) is 96.0 Å². The Morgan fingerprint density at radius 3 is 2.15 bits per heavy atom. The average Bonchev–Trinajstić information content (AvgIpc) is 2.75. The van der Waals surface area contributed by atoms with E-state index in [1.165, 1.54) is 18.1 Å². The van der Waals surface area contributed by atoms with Crippen LogP contribution in [0.4, 0.5) is 5.69 Å². The molecule has 0 aliphatic carbocycles. The van der Waals surface area contributed by atoms with Gasteiger partial charge in [0.2, 0.25) is 21.8 Å². The molecule has 0 aliphatic rings. The maximum atomic E-state index is 13.5. The van der Waals surface area contributed by atoms with Gasteiger partial charge in [0.15, 0.2) is 0 Å². The Labute approximate surface area is 210 Å². The number of carbonyl (C=O) groups excluding carboxylic acids is 2. The summed E-state index contributed by atoms with van der Waals surface area (Å²) in [5, 5.41) is 3.43. The summed E-state index contributed by atoms with van der Waals surface area (Å²) in [5.41, 5.74) is 0.655. The molecule has 0 radical (unpaired) electrons. The van der Waals surface area contributed by atoms with Crippen molar-refractivity contribution >= 4 is 50.7 Å². The first-order valence-corrected chi connectivity index (χ1v) is 13.1. The van der Waals surface area contributed by atoms with Gasteiger partial charge in [-0.15, -0.1) is 0 Å². The van der Waals surface area contributed by atoms with Gasteiger partial charge in [-0.3, -0.25) is 13.9 Å². The largest absolute Gasteiger partial charge is 0.495 e. The standard InChI is InChI=1S/C23H29Cl2N3O5S/c1-15(2)26-23(30)16(3)27(13-17-18(24)9-8-10-19(17)25)22(29)14-28(34(5,31)32)20-11-6-7-12-21(20)33-4/h6-12,15-16H,13-14H2,1-5H3,(H,26,30)/t16-/m0/s1. The molecule has 0 aromatic heterocycles. The third-order valence-electron chi connectivity index (χ3n) is 5.02. The van der Waals surface area contributed by atoms with Crippen molar-refractivity contribution < 1.29 is 22.7 Å². The number of hydrogen-bond donors (Lipinski definition) is 1. The van der Waals surface area contributed by atoms with Crippen LogP contribution >= 0.6 is 23.2 Å². The lowest BCUT2D eigenvalue weighted by Gasteiger charge is -2.32. The van der Waals surface area contributed by atoms with Gasteiger partial charge in [0.25, 0.3) is 0 Å². The molecule has 2 amide bonds. The number of rotatable bonds is 10. The summed E-state index contributed by atoms with van der Waals surface area (Å²) in [4.78, 5) is 27.6. The van der Waals surface area contributed by atoms with Crippen molar-refractivity contribution in [2.45, 2.75) is 39.4 Å². The van der Waals surface area contributed by atoms with Crippen molar-refractivity contribution in [3.8, 4) is 5.75 Å². The van der Waals surface area contributed by atoms with E-state index in [0.29, 0.717) is 15.6 Å². The quantitative estimate of drug-likeness (QED) is 0.506. The number of ether oxygens (including phenoxy) is 1. The predicted octanol–water partition coefficient (Wildman–Crippen LogP) is 3.71. The number of nitrogens with zero attached hydrogens (tertiary/aromatic N) is 2.